The molecule has 9 heteroatoms. The Kier molecular flexibility index (Phi) is 6.97. The van der Waals surface area contributed by atoms with Crippen LogP contribution in [-0.2, 0) is 0 Å². The first kappa shape index (κ1) is 21.3. The van der Waals surface area contributed by atoms with Gasteiger partial charge in [0.25, 0.3) is 11.6 Å². The topological polar surface area (TPSA) is 107 Å². The monoisotopic (exact) mass is 471 g/mol. The number of nitrogens with one attached hydrogen (secondary N) is 1. The first-order valence-electron chi connectivity index (χ1n) is 9.08. The molecule has 2 aromatic carbocycles. The molecule has 8 nitrogen and oxygen atoms in total. The lowest BCUT2D eigenvalue weighted by Crippen LogP contribution is -2.17. The zero-order chi connectivity index (χ0) is 21.5. The number of nitrogens with zero attached hydrogens (tertiary/aromatic N) is 2. The van der Waals surface area contributed by atoms with E-state index in [9.17, 15) is 14.9 Å². The Morgan fingerprint density at radius 1 is 1.23 bits per heavy atom. The lowest BCUT2D eigenvalue weighted by molar-refractivity contribution is -0.384. The third-order valence-corrected chi connectivity index (χ3v) is 4.66. The van der Waals surface area contributed by atoms with Crippen molar-refractivity contribution in [3.63, 3.8) is 0 Å². The molecule has 3 aromatic rings. The van der Waals surface area contributed by atoms with E-state index in [1.165, 1.54) is 18.3 Å². The molecule has 0 fully saturated rings. The third kappa shape index (κ3) is 5.32. The van der Waals surface area contributed by atoms with Crippen LogP contribution in [0.1, 0.15) is 29.5 Å². The quantitative estimate of drug-likeness (QED) is 0.277. The van der Waals surface area contributed by atoms with E-state index in [2.05, 4.69) is 26.5 Å². The molecule has 1 heterocycles. The average Bonchev–Trinajstić information content (AvgIpc) is 3.21. The van der Waals surface area contributed by atoms with Crippen LogP contribution >= 0.6 is 15.9 Å². The fourth-order valence-corrected chi connectivity index (χ4v) is 3.09. The van der Waals surface area contributed by atoms with Crippen molar-refractivity contribution < 1.29 is 18.9 Å². The van der Waals surface area contributed by atoms with E-state index in [4.69, 9.17) is 9.15 Å². The molecule has 0 radical (unpaired) electrons. The molecular weight excluding hydrogens is 454 g/mol. The number of non-ortho nitro benzene ring substituents is 1. The zero-order valence-electron chi connectivity index (χ0n) is 16.0. The Balaban J connectivity index is 1.62. The fraction of sp³-hybridized carbons (Fsp3) is 0.143. The first-order valence-corrected chi connectivity index (χ1v) is 9.87. The summed E-state index contributed by atoms with van der Waals surface area (Å²) in [4.78, 5) is 22.5. The second-order valence-electron chi connectivity index (χ2n) is 6.20. The number of carbonyl (C=O) groups is 1. The van der Waals surface area contributed by atoms with Crippen molar-refractivity contribution in [2.45, 2.75) is 13.3 Å². The summed E-state index contributed by atoms with van der Waals surface area (Å²) in [5.74, 6) is 1.27. The van der Waals surface area contributed by atoms with Crippen LogP contribution in [0.25, 0.3) is 11.3 Å². The maximum Gasteiger partial charge on any atom is 0.271 e. The van der Waals surface area contributed by atoms with Gasteiger partial charge in [0, 0.05) is 27.7 Å². The van der Waals surface area contributed by atoms with Crippen LogP contribution in [-0.4, -0.2) is 23.7 Å². The van der Waals surface area contributed by atoms with Crippen LogP contribution < -0.4 is 10.2 Å². The molecule has 0 bridgehead atoms. The van der Waals surface area contributed by atoms with Crippen molar-refractivity contribution in [1.82, 2.24) is 5.43 Å². The summed E-state index contributed by atoms with van der Waals surface area (Å²) in [7, 11) is 0. The van der Waals surface area contributed by atoms with Crippen molar-refractivity contribution in [1.29, 1.82) is 0 Å². The van der Waals surface area contributed by atoms with Gasteiger partial charge in [-0.15, -0.1) is 0 Å². The summed E-state index contributed by atoms with van der Waals surface area (Å²) in [5, 5.41) is 14.7. The fourth-order valence-electron chi connectivity index (χ4n) is 2.53. The molecule has 0 saturated carbocycles. The average molecular weight is 472 g/mol. The van der Waals surface area contributed by atoms with Gasteiger partial charge in [-0.1, -0.05) is 6.92 Å². The Bertz CT molecular complexity index is 1080. The molecule has 0 spiro atoms. The molecule has 1 N–H and O–H groups in total. The van der Waals surface area contributed by atoms with Crippen molar-refractivity contribution in [2.75, 3.05) is 6.61 Å². The largest absolute Gasteiger partial charge is 0.494 e. The van der Waals surface area contributed by atoms with E-state index in [1.54, 1.807) is 42.5 Å². The SMILES string of the molecule is CCCOc1ccc(C(=O)N/N=C\c2ccc(-c3ccc([N+](=O)[O-])cc3Br)o2)cc1. The van der Waals surface area contributed by atoms with Gasteiger partial charge in [0.1, 0.15) is 17.3 Å². The highest BCUT2D eigenvalue weighted by Crippen LogP contribution is 2.32. The van der Waals surface area contributed by atoms with Gasteiger partial charge in [0.15, 0.2) is 0 Å². The van der Waals surface area contributed by atoms with E-state index in [0.29, 0.717) is 39.5 Å². The van der Waals surface area contributed by atoms with Gasteiger partial charge >= 0.3 is 0 Å². The van der Waals surface area contributed by atoms with Crippen molar-refractivity contribution >= 4 is 33.7 Å². The molecule has 0 atom stereocenters. The van der Waals surface area contributed by atoms with Gasteiger partial charge in [-0.3, -0.25) is 14.9 Å². The number of hydrogen-bond donors (Lipinski definition) is 1. The zero-order valence-corrected chi connectivity index (χ0v) is 17.6. The summed E-state index contributed by atoms with van der Waals surface area (Å²) in [5.41, 5.74) is 3.53. The van der Waals surface area contributed by atoms with Crippen LogP contribution in [0.2, 0.25) is 0 Å². The van der Waals surface area contributed by atoms with Crippen LogP contribution in [0.15, 0.2) is 68.6 Å². The number of nitro benzene ring substituents is 1. The van der Waals surface area contributed by atoms with Gasteiger partial charge in [0.05, 0.1) is 17.7 Å². The number of hydrazone groups is 1. The smallest absolute Gasteiger partial charge is 0.271 e. The van der Waals surface area contributed by atoms with Gasteiger partial charge < -0.3 is 9.15 Å². The van der Waals surface area contributed by atoms with Crippen LogP contribution in [0.3, 0.4) is 0 Å². The maximum absolute atomic E-state index is 12.2. The lowest BCUT2D eigenvalue weighted by atomic mass is 10.1. The summed E-state index contributed by atoms with van der Waals surface area (Å²) in [6, 6.07) is 14.6. The summed E-state index contributed by atoms with van der Waals surface area (Å²) in [6.45, 7) is 2.64. The number of benzene rings is 2. The minimum Gasteiger partial charge on any atom is -0.494 e. The highest BCUT2D eigenvalue weighted by Gasteiger charge is 2.13. The number of rotatable bonds is 8. The Hall–Kier alpha value is -3.46. The lowest BCUT2D eigenvalue weighted by Gasteiger charge is -2.05. The molecule has 0 saturated heterocycles. The van der Waals surface area contributed by atoms with Crippen molar-refractivity contribution in [3.05, 3.63) is 80.5 Å². The molecule has 1 aromatic heterocycles. The first-order chi connectivity index (χ1) is 14.5. The van der Waals surface area contributed by atoms with Gasteiger partial charge in [-0.05, 0) is 64.8 Å². The van der Waals surface area contributed by atoms with Gasteiger partial charge in [-0.2, -0.15) is 5.10 Å². The molecule has 1 amide bonds. The third-order valence-electron chi connectivity index (χ3n) is 4.00. The number of halogens is 1. The number of furan rings is 1. The molecule has 30 heavy (non-hydrogen) atoms. The minimum absolute atomic E-state index is 0.0216. The Morgan fingerprint density at radius 2 is 2.00 bits per heavy atom. The van der Waals surface area contributed by atoms with Gasteiger partial charge in [-0.25, -0.2) is 5.43 Å². The summed E-state index contributed by atoms with van der Waals surface area (Å²) in [6.07, 6.45) is 2.28. The number of carbonyl (C=O) groups excluding carboxylic acids is 1. The number of nitro groups is 1. The number of ether oxygens (including phenoxy) is 1. The van der Waals surface area contributed by atoms with E-state index in [0.717, 1.165) is 6.42 Å². The molecule has 0 unspecified atom stereocenters. The van der Waals surface area contributed by atoms with Crippen molar-refractivity contribution in [2.24, 2.45) is 5.10 Å². The van der Waals surface area contributed by atoms with Crippen LogP contribution in [0, 0.1) is 10.1 Å². The summed E-state index contributed by atoms with van der Waals surface area (Å²) >= 11 is 3.31. The molecule has 154 valence electrons. The highest BCUT2D eigenvalue weighted by atomic mass is 79.9. The van der Waals surface area contributed by atoms with Crippen LogP contribution in [0.5, 0.6) is 5.75 Å². The molecule has 0 aliphatic heterocycles. The van der Waals surface area contributed by atoms with E-state index in [1.807, 2.05) is 6.92 Å². The second kappa shape index (κ2) is 9.84. The standard InChI is InChI=1S/C21H18BrN3O5/c1-2-11-29-16-6-3-14(4-7-16)21(26)24-23-13-17-8-10-20(30-17)18-9-5-15(25(27)28)12-19(18)22/h3-10,12-13H,2,11H2,1H3,(H,24,26)/b23-13-. The molecule has 0 aliphatic rings. The normalized spacial score (nSPS) is 10.9. The molecular formula is C21H18BrN3O5. The van der Waals surface area contributed by atoms with E-state index < -0.39 is 4.92 Å². The second-order valence-corrected chi connectivity index (χ2v) is 7.05. The maximum atomic E-state index is 12.2. The highest BCUT2D eigenvalue weighted by molar-refractivity contribution is 9.10. The summed E-state index contributed by atoms with van der Waals surface area (Å²) < 4.78 is 11.7. The van der Waals surface area contributed by atoms with Crippen LogP contribution in [0.4, 0.5) is 5.69 Å². The van der Waals surface area contributed by atoms with Crippen molar-refractivity contribution in [3.8, 4) is 17.1 Å². The predicted molar refractivity (Wildman–Crippen MR) is 116 cm³/mol. The molecule has 3 rings (SSSR count). The van der Waals surface area contributed by atoms with E-state index >= 15 is 0 Å². The number of amides is 1. The molecule has 0 aliphatic carbocycles. The predicted octanol–water partition coefficient (Wildman–Crippen LogP) is 5.17. The number of hydrogen-bond acceptors (Lipinski definition) is 6. The van der Waals surface area contributed by atoms with E-state index in [-0.39, 0.29) is 11.6 Å². The van der Waals surface area contributed by atoms with Gasteiger partial charge in [0.2, 0.25) is 0 Å². The minimum atomic E-state index is -0.469. The Labute approximate surface area is 180 Å². The Morgan fingerprint density at radius 3 is 2.67 bits per heavy atom.